The van der Waals surface area contributed by atoms with Gasteiger partial charge in [0, 0.05) is 37.9 Å². The fourth-order valence-corrected chi connectivity index (χ4v) is 7.57. The summed E-state index contributed by atoms with van der Waals surface area (Å²) >= 11 is 12.5. The predicted octanol–water partition coefficient (Wildman–Crippen LogP) is 4.02. The number of hydrogen-bond donors (Lipinski definition) is 3. The first-order chi connectivity index (χ1) is 20.2. The highest BCUT2D eigenvalue weighted by Gasteiger charge is 2.32. The van der Waals surface area contributed by atoms with Crippen molar-refractivity contribution in [1.29, 1.82) is 0 Å². The molecule has 0 radical (unpaired) electrons. The summed E-state index contributed by atoms with van der Waals surface area (Å²) in [4.78, 5) is 27.0. The number of pyridine rings is 1. The largest absolute Gasteiger partial charge is 0.480 e. The van der Waals surface area contributed by atoms with Gasteiger partial charge >= 0.3 is 5.97 Å². The lowest BCUT2D eigenvalue weighted by molar-refractivity contribution is -0.135. The first-order valence-corrected chi connectivity index (χ1v) is 17.0. The van der Waals surface area contributed by atoms with Crippen LogP contribution in [-0.2, 0) is 29.6 Å². The summed E-state index contributed by atoms with van der Waals surface area (Å²) in [5.41, 5.74) is 3.50. The number of carbonyl (C=O) groups excluding carboxylic acids is 1. The average molecular weight is 672 g/mol. The summed E-state index contributed by atoms with van der Waals surface area (Å²) in [5.74, 6) is -2.33. The maximum Gasteiger partial charge on any atom is 0.318 e. The highest BCUT2D eigenvalue weighted by Crippen LogP contribution is 2.35. The van der Waals surface area contributed by atoms with Crippen LogP contribution in [0.4, 0.5) is 0 Å². The topological polar surface area (TPSA) is 163 Å². The van der Waals surface area contributed by atoms with Crippen molar-refractivity contribution in [3.8, 4) is 11.1 Å². The maximum absolute atomic E-state index is 14.0. The van der Waals surface area contributed by atoms with Crippen LogP contribution in [0, 0.1) is 6.92 Å². The van der Waals surface area contributed by atoms with E-state index in [1.807, 2.05) is 42.0 Å². The van der Waals surface area contributed by atoms with Crippen LogP contribution in [0.5, 0.6) is 0 Å². The van der Waals surface area contributed by atoms with Gasteiger partial charge in [0.2, 0.25) is 26.0 Å². The summed E-state index contributed by atoms with van der Waals surface area (Å²) in [5, 5.41) is 11.0. The molecule has 3 rings (SSSR count). The van der Waals surface area contributed by atoms with E-state index in [9.17, 15) is 26.4 Å². The molecule has 1 aromatic heterocycles. The number of aromatic nitrogens is 1. The number of amides is 1. The second kappa shape index (κ2) is 15.1. The molecule has 0 aliphatic rings. The van der Waals surface area contributed by atoms with Gasteiger partial charge < -0.3 is 10.4 Å². The molecular weight excluding hydrogens is 639 g/mol. The Labute approximate surface area is 261 Å². The zero-order valence-corrected chi connectivity index (χ0v) is 26.6. The second-order valence-electron chi connectivity index (χ2n) is 9.65. The number of hydrogen-bond acceptors (Lipinski definition) is 7. The van der Waals surface area contributed by atoms with Crippen molar-refractivity contribution in [2.45, 2.75) is 37.6 Å². The van der Waals surface area contributed by atoms with Crippen LogP contribution >= 0.6 is 23.2 Å². The molecule has 0 fully saturated rings. The number of carboxylic acids is 1. The van der Waals surface area contributed by atoms with Crippen molar-refractivity contribution < 1.29 is 31.5 Å². The number of aliphatic carboxylic acids is 1. The van der Waals surface area contributed by atoms with E-state index in [2.05, 4.69) is 10.3 Å². The van der Waals surface area contributed by atoms with E-state index < -0.39 is 50.3 Å². The fraction of sp³-hybridized carbons (Fsp3) is 0.321. The molecule has 15 heteroatoms. The minimum atomic E-state index is -4.20. The van der Waals surface area contributed by atoms with Crippen molar-refractivity contribution in [3.63, 3.8) is 0 Å². The lowest BCUT2D eigenvalue weighted by atomic mass is 9.98. The van der Waals surface area contributed by atoms with E-state index in [1.165, 1.54) is 22.5 Å². The second-order valence-corrected chi connectivity index (χ2v) is 14.2. The summed E-state index contributed by atoms with van der Waals surface area (Å²) in [6, 6.07) is 13.0. The molecule has 0 aliphatic carbocycles. The Balaban J connectivity index is 1.80. The highest BCUT2D eigenvalue weighted by atomic mass is 35.5. The number of sulfonamides is 2. The van der Waals surface area contributed by atoms with Crippen LogP contribution in [0.25, 0.3) is 11.1 Å². The molecule has 1 heterocycles. The number of carboxylic acid groups (broad SMARTS) is 1. The zero-order chi connectivity index (χ0) is 31.8. The number of nitrogens with zero attached hydrogens (tertiary/aromatic N) is 2. The SMILES string of the molecule is Cc1cnccc1-c1cccc(C(C)N(CCCC(=O)NCCS(=O)(=O)NCC(=O)O)S(=O)(=O)c2cccc(Cl)c2Cl)c1. The third-order valence-electron chi connectivity index (χ3n) is 6.55. The third kappa shape index (κ3) is 9.46. The molecule has 0 saturated carbocycles. The lowest BCUT2D eigenvalue weighted by Crippen LogP contribution is -2.37. The Kier molecular flexibility index (Phi) is 12.1. The zero-order valence-electron chi connectivity index (χ0n) is 23.5. The summed E-state index contributed by atoms with van der Waals surface area (Å²) in [6.07, 6.45) is 3.45. The smallest absolute Gasteiger partial charge is 0.318 e. The molecule has 0 bridgehead atoms. The van der Waals surface area contributed by atoms with Gasteiger partial charge in [0.25, 0.3) is 0 Å². The normalized spacial score (nSPS) is 12.7. The number of rotatable bonds is 15. The quantitative estimate of drug-likeness (QED) is 0.218. The molecule has 43 heavy (non-hydrogen) atoms. The van der Waals surface area contributed by atoms with Crippen LogP contribution < -0.4 is 10.0 Å². The molecule has 1 unspecified atom stereocenters. The standard InChI is InChI=1S/C28H32Cl2N4O7S2/c1-19-17-31-12-11-23(19)22-7-3-6-21(16-22)20(2)34(43(40,41)25-9-4-8-24(29)28(25)30)14-5-10-26(35)32-13-15-42(38,39)33-18-27(36)37/h3-4,6-9,11-12,16-17,20,33H,5,10,13-15,18H2,1-2H3,(H,32,35)(H,36,37). The van der Waals surface area contributed by atoms with E-state index in [4.69, 9.17) is 28.3 Å². The van der Waals surface area contributed by atoms with E-state index in [0.29, 0.717) is 5.56 Å². The van der Waals surface area contributed by atoms with Crippen molar-refractivity contribution in [2.24, 2.45) is 0 Å². The monoisotopic (exact) mass is 670 g/mol. The number of aryl methyl sites for hydroxylation is 1. The molecule has 0 aliphatic heterocycles. The molecule has 0 spiro atoms. The number of nitrogens with one attached hydrogen (secondary N) is 2. The van der Waals surface area contributed by atoms with Gasteiger partial charge in [-0.3, -0.25) is 14.6 Å². The summed E-state index contributed by atoms with van der Waals surface area (Å²) in [7, 11) is -8.09. The van der Waals surface area contributed by atoms with Gasteiger partial charge in [0.05, 0.1) is 15.8 Å². The molecule has 0 saturated heterocycles. The first kappa shape index (κ1) is 34.4. The maximum atomic E-state index is 14.0. The molecule has 11 nitrogen and oxygen atoms in total. The van der Waals surface area contributed by atoms with Crippen LogP contribution in [0.3, 0.4) is 0 Å². The van der Waals surface area contributed by atoms with Crippen molar-refractivity contribution in [3.05, 3.63) is 82.1 Å². The van der Waals surface area contributed by atoms with Crippen LogP contribution in [-0.4, -0.2) is 68.5 Å². The van der Waals surface area contributed by atoms with E-state index >= 15 is 0 Å². The van der Waals surface area contributed by atoms with Crippen molar-refractivity contribution >= 4 is 55.1 Å². The molecule has 3 N–H and O–H groups in total. The van der Waals surface area contributed by atoms with Gasteiger partial charge in [-0.15, -0.1) is 0 Å². The molecule has 232 valence electrons. The third-order valence-corrected chi connectivity index (χ3v) is 10.8. The minimum Gasteiger partial charge on any atom is -0.480 e. The number of halogens is 2. The highest BCUT2D eigenvalue weighted by molar-refractivity contribution is 7.89. The number of benzene rings is 2. The van der Waals surface area contributed by atoms with E-state index in [-0.39, 0.29) is 40.9 Å². The van der Waals surface area contributed by atoms with Crippen LogP contribution in [0.15, 0.2) is 65.8 Å². The molecule has 2 aromatic carbocycles. The van der Waals surface area contributed by atoms with Crippen LogP contribution in [0.2, 0.25) is 10.0 Å². The van der Waals surface area contributed by atoms with Gasteiger partial charge in [0.1, 0.15) is 11.4 Å². The van der Waals surface area contributed by atoms with Crippen molar-refractivity contribution in [1.82, 2.24) is 19.3 Å². The molecule has 1 amide bonds. The first-order valence-electron chi connectivity index (χ1n) is 13.2. The summed E-state index contributed by atoms with van der Waals surface area (Å²) < 4.78 is 54.7. The van der Waals surface area contributed by atoms with Gasteiger partial charge in [-0.2, -0.15) is 4.31 Å². The van der Waals surface area contributed by atoms with Crippen LogP contribution in [0.1, 0.15) is 36.9 Å². The Bertz CT molecular complexity index is 1690. The Morgan fingerprint density at radius 1 is 1.07 bits per heavy atom. The Morgan fingerprint density at radius 2 is 1.79 bits per heavy atom. The Hall–Kier alpha value is -3.07. The summed E-state index contributed by atoms with van der Waals surface area (Å²) in [6.45, 7) is 2.61. The lowest BCUT2D eigenvalue weighted by Gasteiger charge is -2.29. The van der Waals surface area contributed by atoms with Gasteiger partial charge in [-0.25, -0.2) is 21.6 Å². The minimum absolute atomic E-state index is 0.0588. The predicted molar refractivity (Wildman–Crippen MR) is 165 cm³/mol. The van der Waals surface area contributed by atoms with E-state index in [0.717, 1.165) is 16.7 Å². The van der Waals surface area contributed by atoms with Gasteiger partial charge in [0.15, 0.2) is 0 Å². The van der Waals surface area contributed by atoms with Gasteiger partial charge in [-0.1, -0.05) is 47.5 Å². The fourth-order valence-electron chi connectivity index (χ4n) is 4.31. The average Bonchev–Trinajstić information content (AvgIpc) is 2.95. The van der Waals surface area contributed by atoms with E-state index in [1.54, 1.807) is 19.3 Å². The number of carbonyl (C=O) groups is 2. The van der Waals surface area contributed by atoms with Gasteiger partial charge in [-0.05, 0) is 66.8 Å². The molecule has 3 aromatic rings. The molecular formula is C28H32Cl2N4O7S2. The molecule has 1 atom stereocenters. The van der Waals surface area contributed by atoms with Crippen molar-refractivity contribution in [2.75, 3.05) is 25.4 Å². The Morgan fingerprint density at radius 3 is 2.49 bits per heavy atom.